The van der Waals surface area contributed by atoms with Gasteiger partial charge in [0.05, 0.1) is 17.3 Å². The molecule has 0 bridgehead atoms. The zero-order valence-electron chi connectivity index (χ0n) is 8.44. The number of nitrogens with one attached hydrogen (secondary N) is 2. The van der Waals surface area contributed by atoms with Crippen LogP contribution in [0.15, 0.2) is 12.5 Å². The molecule has 1 aliphatic heterocycles. The maximum Gasteiger partial charge on any atom is 0.154 e. The van der Waals surface area contributed by atoms with E-state index < -0.39 is 9.84 Å². The highest BCUT2D eigenvalue weighted by Gasteiger charge is 2.30. The van der Waals surface area contributed by atoms with Gasteiger partial charge in [-0.05, 0) is 12.8 Å². The highest BCUT2D eigenvalue weighted by Crippen LogP contribution is 2.18. The summed E-state index contributed by atoms with van der Waals surface area (Å²) < 4.78 is 23.0. The van der Waals surface area contributed by atoms with Gasteiger partial charge in [0.25, 0.3) is 0 Å². The molecule has 2 heterocycles. The zero-order valence-corrected chi connectivity index (χ0v) is 9.26. The Bertz CT molecular complexity index is 399. The highest BCUT2D eigenvalue weighted by molar-refractivity contribution is 7.92. The number of nitrogens with zero attached hydrogens (tertiary/aromatic N) is 1. The van der Waals surface area contributed by atoms with E-state index in [0.29, 0.717) is 18.8 Å². The van der Waals surface area contributed by atoms with E-state index in [4.69, 9.17) is 0 Å². The molecule has 1 saturated heterocycles. The molecule has 0 spiro atoms. The Morgan fingerprint density at radius 2 is 2.47 bits per heavy atom. The number of aromatic nitrogens is 2. The molecular formula is C9H15N3O2S. The first-order valence-corrected chi connectivity index (χ1v) is 6.79. The van der Waals surface area contributed by atoms with Crippen molar-refractivity contribution in [2.75, 3.05) is 12.3 Å². The minimum atomic E-state index is -2.82. The molecule has 0 aromatic carbocycles. The average molecular weight is 229 g/mol. The quantitative estimate of drug-likeness (QED) is 0.766. The Morgan fingerprint density at radius 3 is 3.07 bits per heavy atom. The maximum absolute atomic E-state index is 11.5. The lowest BCUT2D eigenvalue weighted by molar-refractivity contribution is 0.572. The maximum atomic E-state index is 11.5. The molecule has 5 nitrogen and oxygen atoms in total. The summed E-state index contributed by atoms with van der Waals surface area (Å²) >= 11 is 0. The summed E-state index contributed by atoms with van der Waals surface area (Å²) in [6.45, 7) is 1.19. The van der Waals surface area contributed by atoms with Crippen molar-refractivity contribution in [3.8, 4) is 0 Å². The van der Waals surface area contributed by atoms with Crippen LogP contribution >= 0.6 is 0 Å². The second kappa shape index (κ2) is 4.32. The zero-order chi connectivity index (χ0) is 10.7. The van der Waals surface area contributed by atoms with Crippen molar-refractivity contribution in [3.63, 3.8) is 0 Å². The fourth-order valence-corrected chi connectivity index (χ4v) is 3.64. The van der Waals surface area contributed by atoms with Crippen LogP contribution in [0.25, 0.3) is 0 Å². The Balaban J connectivity index is 1.79. The van der Waals surface area contributed by atoms with Crippen LogP contribution in [0.1, 0.15) is 18.5 Å². The van der Waals surface area contributed by atoms with Crippen molar-refractivity contribution in [1.82, 2.24) is 15.3 Å². The first-order valence-electron chi connectivity index (χ1n) is 5.08. The molecule has 6 heteroatoms. The summed E-state index contributed by atoms with van der Waals surface area (Å²) in [4.78, 5) is 6.85. The topological polar surface area (TPSA) is 74.8 Å². The van der Waals surface area contributed by atoms with E-state index in [2.05, 4.69) is 15.3 Å². The standard InChI is InChI=1S/C9H15N3O2S/c13-15(14)3-1-2-9(15)6-10-4-8-5-11-7-12-8/h5,7,9-10H,1-4,6H2,(H,11,12). The Labute approximate surface area is 89.2 Å². The van der Waals surface area contributed by atoms with Crippen molar-refractivity contribution in [3.05, 3.63) is 18.2 Å². The molecule has 1 unspecified atom stereocenters. The van der Waals surface area contributed by atoms with E-state index >= 15 is 0 Å². The molecular weight excluding hydrogens is 214 g/mol. The van der Waals surface area contributed by atoms with Gasteiger partial charge in [-0.3, -0.25) is 0 Å². The first-order chi connectivity index (χ1) is 7.18. The Morgan fingerprint density at radius 1 is 1.60 bits per heavy atom. The molecule has 1 atom stereocenters. The van der Waals surface area contributed by atoms with Gasteiger partial charge in [-0.25, -0.2) is 13.4 Å². The first kappa shape index (κ1) is 10.6. The summed E-state index contributed by atoms with van der Waals surface area (Å²) in [6.07, 6.45) is 4.94. The van der Waals surface area contributed by atoms with E-state index in [9.17, 15) is 8.42 Å². The van der Waals surface area contributed by atoms with Crippen LogP contribution in [-0.4, -0.2) is 35.9 Å². The minimum Gasteiger partial charge on any atom is -0.347 e. The largest absolute Gasteiger partial charge is 0.347 e. The van der Waals surface area contributed by atoms with Gasteiger partial charge in [-0.1, -0.05) is 0 Å². The van der Waals surface area contributed by atoms with Gasteiger partial charge in [0.15, 0.2) is 9.84 Å². The number of imidazole rings is 1. The van der Waals surface area contributed by atoms with Crippen LogP contribution in [-0.2, 0) is 16.4 Å². The number of aromatic amines is 1. The summed E-state index contributed by atoms with van der Waals surface area (Å²) in [7, 11) is -2.82. The third-order valence-electron chi connectivity index (χ3n) is 2.71. The van der Waals surface area contributed by atoms with Gasteiger partial charge in [0.2, 0.25) is 0 Å². The van der Waals surface area contributed by atoms with Crippen molar-refractivity contribution in [2.45, 2.75) is 24.6 Å². The molecule has 1 aromatic heterocycles. The van der Waals surface area contributed by atoms with Gasteiger partial charge < -0.3 is 10.3 Å². The van der Waals surface area contributed by atoms with Crippen LogP contribution in [0.2, 0.25) is 0 Å². The molecule has 0 amide bonds. The molecule has 0 saturated carbocycles. The van der Waals surface area contributed by atoms with E-state index in [1.807, 2.05) is 0 Å². The molecule has 2 rings (SSSR count). The molecule has 0 radical (unpaired) electrons. The van der Waals surface area contributed by atoms with Crippen molar-refractivity contribution in [2.24, 2.45) is 0 Å². The van der Waals surface area contributed by atoms with Crippen LogP contribution < -0.4 is 5.32 Å². The third kappa shape index (κ3) is 2.57. The summed E-state index contributed by atoms with van der Waals surface area (Å²) in [5.74, 6) is 0.351. The van der Waals surface area contributed by atoms with Crippen molar-refractivity contribution < 1.29 is 8.42 Å². The number of hydrogen-bond donors (Lipinski definition) is 2. The van der Waals surface area contributed by atoms with Gasteiger partial charge in [0, 0.05) is 25.0 Å². The van der Waals surface area contributed by atoms with Gasteiger partial charge in [-0.2, -0.15) is 0 Å². The van der Waals surface area contributed by atoms with Crippen molar-refractivity contribution >= 4 is 9.84 Å². The van der Waals surface area contributed by atoms with Gasteiger partial charge in [-0.15, -0.1) is 0 Å². The fraction of sp³-hybridized carbons (Fsp3) is 0.667. The molecule has 1 fully saturated rings. The fourth-order valence-electron chi connectivity index (χ4n) is 1.84. The SMILES string of the molecule is O=S1(=O)CCCC1CNCc1cnc[nH]1. The molecule has 1 aliphatic rings. The molecule has 84 valence electrons. The van der Waals surface area contributed by atoms with Crippen LogP contribution in [0, 0.1) is 0 Å². The Kier molecular flexibility index (Phi) is 3.06. The van der Waals surface area contributed by atoms with E-state index in [1.165, 1.54) is 0 Å². The van der Waals surface area contributed by atoms with Gasteiger partial charge in [0.1, 0.15) is 0 Å². The lowest BCUT2D eigenvalue weighted by Crippen LogP contribution is -2.30. The number of H-pyrrole nitrogens is 1. The molecule has 0 aliphatic carbocycles. The van der Waals surface area contributed by atoms with E-state index in [0.717, 1.165) is 18.5 Å². The Hall–Kier alpha value is -0.880. The lowest BCUT2D eigenvalue weighted by Gasteiger charge is -2.09. The predicted molar refractivity (Wildman–Crippen MR) is 57.1 cm³/mol. The summed E-state index contributed by atoms with van der Waals surface area (Å²) in [6, 6.07) is 0. The van der Waals surface area contributed by atoms with E-state index in [-0.39, 0.29) is 5.25 Å². The van der Waals surface area contributed by atoms with Crippen LogP contribution in [0.4, 0.5) is 0 Å². The second-order valence-electron chi connectivity index (χ2n) is 3.84. The normalized spacial score (nSPS) is 24.4. The summed E-state index contributed by atoms with van der Waals surface area (Å²) in [5.41, 5.74) is 0.977. The average Bonchev–Trinajstić information content (AvgIpc) is 2.77. The van der Waals surface area contributed by atoms with Crippen LogP contribution in [0.5, 0.6) is 0 Å². The third-order valence-corrected chi connectivity index (χ3v) is 4.98. The number of hydrogen-bond acceptors (Lipinski definition) is 4. The molecule has 1 aromatic rings. The predicted octanol–water partition coefficient (Wildman–Crippen LogP) is 0.0765. The summed E-state index contributed by atoms with van der Waals surface area (Å²) in [5, 5.41) is 2.94. The van der Waals surface area contributed by atoms with Crippen molar-refractivity contribution in [1.29, 1.82) is 0 Å². The number of sulfone groups is 1. The number of rotatable bonds is 4. The lowest BCUT2D eigenvalue weighted by atomic mass is 10.2. The smallest absolute Gasteiger partial charge is 0.154 e. The second-order valence-corrected chi connectivity index (χ2v) is 6.24. The monoisotopic (exact) mass is 229 g/mol. The molecule has 2 N–H and O–H groups in total. The molecule has 15 heavy (non-hydrogen) atoms. The van der Waals surface area contributed by atoms with Gasteiger partial charge >= 0.3 is 0 Å². The highest BCUT2D eigenvalue weighted by atomic mass is 32.2. The van der Waals surface area contributed by atoms with Crippen LogP contribution in [0.3, 0.4) is 0 Å². The van der Waals surface area contributed by atoms with E-state index in [1.54, 1.807) is 12.5 Å². The minimum absolute atomic E-state index is 0.194.